The molecule has 4 rings (SSSR count). The van der Waals surface area contributed by atoms with Crippen molar-refractivity contribution in [2.24, 2.45) is 0 Å². The summed E-state index contributed by atoms with van der Waals surface area (Å²) in [7, 11) is 0. The third kappa shape index (κ3) is 2.55. The maximum atomic E-state index is 13.1. The summed E-state index contributed by atoms with van der Waals surface area (Å²) in [6, 6.07) is 10.3. The SMILES string of the molecule is O=C(O)c1[nH]nnc1C(=O)N(c1ccccc1)c1ccn2ccnc2n1. The number of hydrogen-bond acceptors (Lipinski definition) is 6. The Bertz CT molecular complexity index is 1100. The fraction of sp³-hybridized carbons (Fsp3) is 0. The summed E-state index contributed by atoms with van der Waals surface area (Å²) in [5.41, 5.74) is -0.204. The molecule has 4 aromatic rings. The molecule has 128 valence electrons. The van der Waals surface area contributed by atoms with Crippen LogP contribution in [-0.2, 0) is 0 Å². The van der Waals surface area contributed by atoms with E-state index in [1.165, 1.54) is 4.90 Å². The Labute approximate surface area is 145 Å². The molecule has 0 saturated carbocycles. The molecular weight excluding hydrogens is 338 g/mol. The minimum absolute atomic E-state index is 0.277. The zero-order chi connectivity index (χ0) is 18.1. The number of nitrogens with one attached hydrogen (secondary N) is 1. The quantitative estimate of drug-likeness (QED) is 0.571. The molecule has 0 fully saturated rings. The lowest BCUT2D eigenvalue weighted by Gasteiger charge is -2.21. The van der Waals surface area contributed by atoms with Crippen molar-refractivity contribution in [3.8, 4) is 0 Å². The lowest BCUT2D eigenvalue weighted by Crippen LogP contribution is -2.29. The van der Waals surface area contributed by atoms with Gasteiger partial charge in [-0.05, 0) is 18.2 Å². The maximum absolute atomic E-state index is 13.1. The van der Waals surface area contributed by atoms with Gasteiger partial charge in [0.1, 0.15) is 5.82 Å². The van der Waals surface area contributed by atoms with Crippen molar-refractivity contribution < 1.29 is 14.7 Å². The van der Waals surface area contributed by atoms with Crippen LogP contribution in [-0.4, -0.2) is 46.8 Å². The highest BCUT2D eigenvalue weighted by Gasteiger charge is 2.29. The average Bonchev–Trinajstić information content (AvgIpc) is 3.31. The van der Waals surface area contributed by atoms with E-state index in [1.807, 2.05) is 0 Å². The Balaban J connectivity index is 1.87. The molecule has 0 radical (unpaired) electrons. The standard InChI is InChI=1S/C16H11N7O3/c24-14(12-13(15(25)26)20-21-19-12)23(10-4-2-1-3-5-10)11-6-8-22-9-7-17-16(22)18-11/h1-9H,(H,25,26)(H,19,20,21). The Hall–Kier alpha value is -4.08. The predicted molar refractivity (Wildman–Crippen MR) is 89.2 cm³/mol. The Morgan fingerprint density at radius 2 is 1.92 bits per heavy atom. The van der Waals surface area contributed by atoms with Crippen LogP contribution in [0.25, 0.3) is 5.78 Å². The molecule has 2 N–H and O–H groups in total. The van der Waals surface area contributed by atoms with E-state index in [-0.39, 0.29) is 11.5 Å². The number of aromatic nitrogens is 6. The monoisotopic (exact) mass is 349 g/mol. The van der Waals surface area contributed by atoms with Crippen molar-refractivity contribution in [2.45, 2.75) is 0 Å². The summed E-state index contributed by atoms with van der Waals surface area (Å²) in [5, 5.41) is 18.5. The largest absolute Gasteiger partial charge is 0.476 e. The number of imidazole rings is 1. The Kier molecular flexibility index (Phi) is 3.62. The number of aromatic amines is 1. The van der Waals surface area contributed by atoms with Gasteiger partial charge in [0.2, 0.25) is 5.78 Å². The van der Waals surface area contributed by atoms with Gasteiger partial charge in [-0.2, -0.15) is 4.98 Å². The summed E-state index contributed by atoms with van der Waals surface area (Å²) >= 11 is 0. The first-order chi connectivity index (χ1) is 12.6. The molecule has 0 atom stereocenters. The second-order valence-electron chi connectivity index (χ2n) is 5.24. The Morgan fingerprint density at radius 3 is 2.69 bits per heavy atom. The molecule has 0 bridgehead atoms. The summed E-state index contributed by atoms with van der Waals surface area (Å²) < 4.78 is 1.69. The molecule has 3 heterocycles. The first-order valence-electron chi connectivity index (χ1n) is 7.48. The minimum Gasteiger partial charge on any atom is -0.476 e. The first kappa shape index (κ1) is 15.4. The number of fused-ring (bicyclic) bond motifs is 1. The van der Waals surface area contributed by atoms with Gasteiger partial charge in [0.15, 0.2) is 11.4 Å². The number of aromatic carboxylic acids is 1. The van der Waals surface area contributed by atoms with Crippen molar-refractivity contribution in [3.05, 3.63) is 66.4 Å². The number of hydrogen-bond donors (Lipinski definition) is 2. The molecule has 1 aromatic carbocycles. The second-order valence-corrected chi connectivity index (χ2v) is 5.24. The van der Waals surface area contributed by atoms with E-state index in [9.17, 15) is 14.7 Å². The van der Waals surface area contributed by atoms with Gasteiger partial charge in [0.05, 0.1) is 5.69 Å². The van der Waals surface area contributed by atoms with Crippen LogP contribution in [0, 0.1) is 0 Å². The van der Waals surface area contributed by atoms with Crippen LogP contribution >= 0.6 is 0 Å². The van der Waals surface area contributed by atoms with E-state index in [2.05, 4.69) is 25.4 Å². The van der Waals surface area contributed by atoms with Crippen molar-refractivity contribution >= 4 is 29.2 Å². The lowest BCUT2D eigenvalue weighted by atomic mass is 10.2. The highest BCUT2D eigenvalue weighted by Crippen LogP contribution is 2.26. The van der Waals surface area contributed by atoms with Gasteiger partial charge in [-0.15, -0.1) is 5.10 Å². The number of rotatable bonds is 4. The van der Waals surface area contributed by atoms with Crippen molar-refractivity contribution in [1.82, 2.24) is 29.8 Å². The molecule has 0 saturated heterocycles. The van der Waals surface area contributed by atoms with E-state index < -0.39 is 17.6 Å². The summed E-state index contributed by atoms with van der Waals surface area (Å²) in [5.74, 6) is -1.33. The summed E-state index contributed by atoms with van der Waals surface area (Å²) in [6.07, 6.45) is 5.01. The van der Waals surface area contributed by atoms with Gasteiger partial charge in [-0.25, -0.2) is 9.78 Å². The van der Waals surface area contributed by atoms with E-state index in [0.29, 0.717) is 11.5 Å². The first-order valence-corrected chi connectivity index (χ1v) is 7.48. The van der Waals surface area contributed by atoms with Crippen LogP contribution in [0.2, 0.25) is 0 Å². The maximum Gasteiger partial charge on any atom is 0.356 e. The number of carbonyl (C=O) groups is 2. The average molecular weight is 349 g/mol. The van der Waals surface area contributed by atoms with Crippen LogP contribution in [0.5, 0.6) is 0 Å². The topological polar surface area (TPSA) is 129 Å². The lowest BCUT2D eigenvalue weighted by molar-refractivity contribution is 0.0685. The van der Waals surface area contributed by atoms with Gasteiger partial charge in [-0.3, -0.25) is 19.2 Å². The smallest absolute Gasteiger partial charge is 0.356 e. The normalized spacial score (nSPS) is 10.8. The van der Waals surface area contributed by atoms with Crippen molar-refractivity contribution in [3.63, 3.8) is 0 Å². The number of benzene rings is 1. The van der Waals surface area contributed by atoms with Crippen LogP contribution in [0.1, 0.15) is 21.0 Å². The number of nitrogens with zero attached hydrogens (tertiary/aromatic N) is 6. The van der Waals surface area contributed by atoms with E-state index in [1.54, 1.807) is 59.4 Å². The number of anilines is 2. The van der Waals surface area contributed by atoms with Gasteiger partial charge in [0.25, 0.3) is 5.91 Å². The third-order valence-electron chi connectivity index (χ3n) is 3.66. The number of carboxylic acids is 1. The van der Waals surface area contributed by atoms with Crippen LogP contribution in [0.4, 0.5) is 11.5 Å². The van der Waals surface area contributed by atoms with Crippen molar-refractivity contribution in [2.75, 3.05) is 4.90 Å². The highest BCUT2D eigenvalue weighted by molar-refractivity contribution is 6.13. The summed E-state index contributed by atoms with van der Waals surface area (Å²) in [6.45, 7) is 0. The molecule has 0 unspecified atom stereocenters. The number of carboxylic acid groups (broad SMARTS) is 1. The van der Waals surface area contributed by atoms with Crippen LogP contribution < -0.4 is 4.90 Å². The zero-order valence-electron chi connectivity index (χ0n) is 13.1. The highest BCUT2D eigenvalue weighted by atomic mass is 16.4. The number of carbonyl (C=O) groups excluding carboxylic acids is 1. The molecule has 0 aliphatic rings. The van der Waals surface area contributed by atoms with Crippen LogP contribution in [0.3, 0.4) is 0 Å². The number of para-hydroxylation sites is 1. The molecule has 10 heteroatoms. The Morgan fingerprint density at radius 1 is 1.12 bits per heavy atom. The van der Waals surface area contributed by atoms with E-state index >= 15 is 0 Å². The molecule has 0 spiro atoms. The second kappa shape index (κ2) is 6.09. The van der Waals surface area contributed by atoms with E-state index in [4.69, 9.17) is 0 Å². The number of H-pyrrole nitrogens is 1. The molecule has 26 heavy (non-hydrogen) atoms. The van der Waals surface area contributed by atoms with E-state index in [0.717, 1.165) is 0 Å². The fourth-order valence-electron chi connectivity index (χ4n) is 2.48. The van der Waals surface area contributed by atoms with Gasteiger partial charge in [-0.1, -0.05) is 23.4 Å². The van der Waals surface area contributed by atoms with Crippen LogP contribution in [0.15, 0.2) is 55.0 Å². The summed E-state index contributed by atoms with van der Waals surface area (Å²) in [4.78, 5) is 34.1. The minimum atomic E-state index is -1.33. The molecule has 0 aliphatic carbocycles. The predicted octanol–water partition coefficient (Wildman–Crippen LogP) is 1.52. The molecule has 0 aliphatic heterocycles. The van der Waals surface area contributed by atoms with Crippen molar-refractivity contribution in [1.29, 1.82) is 0 Å². The molecule has 10 nitrogen and oxygen atoms in total. The fourth-order valence-corrected chi connectivity index (χ4v) is 2.48. The molecule has 3 aromatic heterocycles. The molecule has 1 amide bonds. The van der Waals surface area contributed by atoms with Gasteiger partial charge in [0, 0.05) is 18.6 Å². The van der Waals surface area contributed by atoms with Gasteiger partial charge >= 0.3 is 5.97 Å². The van der Waals surface area contributed by atoms with Gasteiger partial charge < -0.3 is 5.11 Å². The molecular formula is C16H11N7O3. The third-order valence-corrected chi connectivity index (χ3v) is 3.66. The number of amides is 1. The zero-order valence-corrected chi connectivity index (χ0v) is 13.1.